The maximum Gasteiger partial charge on any atom is 0.307 e. The number of nitrogens with one attached hydrogen (secondary N) is 1. The molecular formula is C18H27NO2. The van der Waals surface area contributed by atoms with Gasteiger partial charge in [-0.25, -0.2) is 0 Å². The molecule has 21 heavy (non-hydrogen) atoms. The van der Waals surface area contributed by atoms with Crippen LogP contribution in [-0.4, -0.2) is 17.1 Å². The quantitative estimate of drug-likeness (QED) is 0.803. The first-order valence-corrected chi connectivity index (χ1v) is 8.22. The molecule has 3 nitrogen and oxygen atoms in total. The topological polar surface area (TPSA) is 49.3 Å². The van der Waals surface area contributed by atoms with Gasteiger partial charge in [-0.1, -0.05) is 50.5 Å². The first kappa shape index (κ1) is 16.0. The fraction of sp³-hybridized carbons (Fsp3) is 0.611. The van der Waals surface area contributed by atoms with E-state index in [0.29, 0.717) is 6.04 Å². The summed E-state index contributed by atoms with van der Waals surface area (Å²) in [6.07, 6.45) is 8.03. The van der Waals surface area contributed by atoms with Crippen molar-refractivity contribution in [3.63, 3.8) is 0 Å². The molecule has 0 radical (unpaired) electrons. The molecule has 1 atom stereocenters. The zero-order valence-electron chi connectivity index (χ0n) is 13.0. The maximum atomic E-state index is 10.9. The van der Waals surface area contributed by atoms with E-state index in [1.165, 1.54) is 32.1 Å². The minimum absolute atomic E-state index is 0.109. The summed E-state index contributed by atoms with van der Waals surface area (Å²) in [5.41, 5.74) is 2.05. The summed E-state index contributed by atoms with van der Waals surface area (Å²) in [4.78, 5) is 10.9. The van der Waals surface area contributed by atoms with Crippen molar-refractivity contribution in [2.45, 2.75) is 64.5 Å². The highest BCUT2D eigenvalue weighted by Crippen LogP contribution is 2.28. The molecule has 0 spiro atoms. The molecule has 0 saturated heterocycles. The van der Waals surface area contributed by atoms with Gasteiger partial charge in [0.05, 0.1) is 6.42 Å². The van der Waals surface area contributed by atoms with Crippen LogP contribution >= 0.6 is 0 Å². The van der Waals surface area contributed by atoms with Crippen molar-refractivity contribution in [2.75, 3.05) is 0 Å². The molecule has 0 amide bonds. The lowest BCUT2D eigenvalue weighted by atomic mass is 9.83. The molecule has 2 rings (SSSR count). The van der Waals surface area contributed by atoms with Gasteiger partial charge in [0.2, 0.25) is 0 Å². The van der Waals surface area contributed by atoms with Crippen LogP contribution in [0.1, 0.15) is 56.6 Å². The van der Waals surface area contributed by atoms with E-state index in [1.54, 1.807) is 0 Å². The van der Waals surface area contributed by atoms with Crippen LogP contribution in [0.5, 0.6) is 0 Å². The minimum atomic E-state index is -0.762. The lowest BCUT2D eigenvalue weighted by molar-refractivity contribution is -0.136. The van der Waals surface area contributed by atoms with Gasteiger partial charge in [-0.3, -0.25) is 4.79 Å². The molecule has 1 fully saturated rings. The van der Waals surface area contributed by atoms with E-state index in [0.717, 1.165) is 30.0 Å². The second-order valence-corrected chi connectivity index (χ2v) is 6.13. The number of carboxylic acid groups (broad SMARTS) is 1. The fourth-order valence-electron chi connectivity index (χ4n) is 3.49. The van der Waals surface area contributed by atoms with Crippen molar-refractivity contribution >= 4 is 5.97 Å². The molecule has 1 aliphatic rings. The fourth-order valence-corrected chi connectivity index (χ4v) is 3.49. The average Bonchev–Trinajstić information content (AvgIpc) is 2.50. The largest absolute Gasteiger partial charge is 0.481 e. The monoisotopic (exact) mass is 289 g/mol. The van der Waals surface area contributed by atoms with Gasteiger partial charge in [-0.05, 0) is 36.3 Å². The average molecular weight is 289 g/mol. The Labute approximate surface area is 127 Å². The van der Waals surface area contributed by atoms with Crippen LogP contribution in [0.4, 0.5) is 0 Å². The van der Waals surface area contributed by atoms with Gasteiger partial charge >= 0.3 is 5.97 Å². The number of hydrogen-bond acceptors (Lipinski definition) is 2. The Morgan fingerprint density at radius 3 is 2.52 bits per heavy atom. The summed E-state index contributed by atoms with van der Waals surface area (Å²) in [6, 6.07) is 8.43. The lowest BCUT2D eigenvalue weighted by Gasteiger charge is -2.30. The Bertz CT molecular complexity index is 452. The molecular weight excluding hydrogens is 262 g/mol. The Kier molecular flexibility index (Phi) is 6.24. The van der Waals surface area contributed by atoms with E-state index in [9.17, 15) is 4.79 Å². The van der Waals surface area contributed by atoms with Crippen LogP contribution in [0, 0.1) is 5.92 Å². The number of carbonyl (C=O) groups is 1. The molecule has 116 valence electrons. The maximum absolute atomic E-state index is 10.9. The highest BCUT2D eigenvalue weighted by atomic mass is 16.4. The zero-order chi connectivity index (χ0) is 15.1. The van der Waals surface area contributed by atoms with Gasteiger partial charge in [0.25, 0.3) is 0 Å². The standard InChI is InChI=1S/C18H27NO2/c1-2-17(14-8-4-3-5-9-14)19-13-16-11-7-6-10-15(16)12-18(20)21/h6-7,10-11,14,17,19H,2-5,8-9,12-13H2,1H3,(H,20,21). The van der Waals surface area contributed by atoms with Crippen LogP contribution in [0.3, 0.4) is 0 Å². The Balaban J connectivity index is 1.95. The van der Waals surface area contributed by atoms with Crippen molar-refractivity contribution in [3.05, 3.63) is 35.4 Å². The van der Waals surface area contributed by atoms with Gasteiger partial charge in [0.1, 0.15) is 0 Å². The van der Waals surface area contributed by atoms with Crippen LogP contribution in [-0.2, 0) is 17.8 Å². The van der Waals surface area contributed by atoms with Crippen LogP contribution < -0.4 is 5.32 Å². The van der Waals surface area contributed by atoms with E-state index in [4.69, 9.17) is 5.11 Å². The first-order valence-electron chi connectivity index (χ1n) is 8.22. The molecule has 0 aromatic heterocycles. The molecule has 3 heteroatoms. The summed E-state index contributed by atoms with van der Waals surface area (Å²) in [7, 11) is 0. The van der Waals surface area contributed by atoms with E-state index in [2.05, 4.69) is 12.2 Å². The molecule has 1 unspecified atom stereocenters. The van der Waals surface area contributed by atoms with Crippen LogP contribution in [0.25, 0.3) is 0 Å². The molecule has 1 aliphatic carbocycles. The van der Waals surface area contributed by atoms with Gasteiger partial charge < -0.3 is 10.4 Å². The third-order valence-corrected chi connectivity index (χ3v) is 4.67. The third kappa shape index (κ3) is 4.85. The van der Waals surface area contributed by atoms with Gasteiger partial charge in [0, 0.05) is 12.6 Å². The molecule has 1 saturated carbocycles. The summed E-state index contributed by atoms with van der Waals surface area (Å²) in [5.74, 6) is 0.0251. The Morgan fingerprint density at radius 2 is 1.90 bits per heavy atom. The van der Waals surface area contributed by atoms with Crippen molar-refractivity contribution < 1.29 is 9.90 Å². The van der Waals surface area contributed by atoms with E-state index in [1.807, 2.05) is 24.3 Å². The number of rotatable bonds is 7. The van der Waals surface area contributed by atoms with Crippen molar-refractivity contribution in [2.24, 2.45) is 5.92 Å². The molecule has 2 N–H and O–H groups in total. The number of benzene rings is 1. The summed E-state index contributed by atoms with van der Waals surface area (Å²) in [6.45, 7) is 3.02. The predicted molar refractivity (Wildman–Crippen MR) is 85.3 cm³/mol. The second kappa shape index (κ2) is 8.18. The van der Waals surface area contributed by atoms with E-state index in [-0.39, 0.29) is 6.42 Å². The smallest absolute Gasteiger partial charge is 0.307 e. The van der Waals surface area contributed by atoms with Gasteiger partial charge in [-0.15, -0.1) is 0 Å². The summed E-state index contributed by atoms with van der Waals surface area (Å²) >= 11 is 0. The van der Waals surface area contributed by atoms with Gasteiger partial charge in [0.15, 0.2) is 0 Å². The number of carboxylic acids is 1. The predicted octanol–water partition coefficient (Wildman–Crippen LogP) is 3.76. The normalized spacial score (nSPS) is 17.6. The van der Waals surface area contributed by atoms with Crippen LogP contribution in [0.15, 0.2) is 24.3 Å². The number of aliphatic carboxylic acids is 1. The molecule has 0 aliphatic heterocycles. The minimum Gasteiger partial charge on any atom is -0.481 e. The zero-order valence-corrected chi connectivity index (χ0v) is 13.0. The molecule has 0 bridgehead atoms. The molecule has 0 heterocycles. The van der Waals surface area contributed by atoms with Crippen molar-refractivity contribution in [3.8, 4) is 0 Å². The Hall–Kier alpha value is -1.35. The van der Waals surface area contributed by atoms with Crippen molar-refractivity contribution in [1.82, 2.24) is 5.32 Å². The highest BCUT2D eigenvalue weighted by molar-refractivity contribution is 5.70. The van der Waals surface area contributed by atoms with E-state index < -0.39 is 5.97 Å². The summed E-state index contributed by atoms with van der Waals surface area (Å²) < 4.78 is 0. The SMILES string of the molecule is CCC(NCc1ccccc1CC(=O)O)C1CCCCC1. The van der Waals surface area contributed by atoms with E-state index >= 15 is 0 Å². The lowest BCUT2D eigenvalue weighted by Crippen LogP contribution is -2.36. The van der Waals surface area contributed by atoms with Crippen molar-refractivity contribution in [1.29, 1.82) is 0 Å². The number of hydrogen-bond donors (Lipinski definition) is 2. The highest BCUT2D eigenvalue weighted by Gasteiger charge is 2.22. The summed E-state index contributed by atoms with van der Waals surface area (Å²) in [5, 5.41) is 12.7. The third-order valence-electron chi connectivity index (χ3n) is 4.67. The Morgan fingerprint density at radius 1 is 1.24 bits per heavy atom. The second-order valence-electron chi connectivity index (χ2n) is 6.13. The van der Waals surface area contributed by atoms with Gasteiger partial charge in [-0.2, -0.15) is 0 Å². The molecule has 1 aromatic rings. The van der Waals surface area contributed by atoms with Crippen LogP contribution in [0.2, 0.25) is 0 Å². The first-order chi connectivity index (χ1) is 10.2. The molecule has 1 aromatic carbocycles.